The Morgan fingerprint density at radius 2 is 1.43 bits per heavy atom. The largest absolute Gasteiger partial charge is 1.00 e. The fourth-order valence-corrected chi connectivity index (χ4v) is 5.07. The number of hydrogen-bond acceptors (Lipinski definition) is 11. The number of phenolic OH excluding ortho intramolecular Hbond substituents is 2. The van der Waals surface area contributed by atoms with Crippen molar-refractivity contribution < 1.29 is 68.7 Å². The van der Waals surface area contributed by atoms with Crippen LogP contribution in [0.3, 0.4) is 0 Å². The Hall–Kier alpha value is -2.63. The van der Waals surface area contributed by atoms with Crippen LogP contribution in [-0.2, 0) is 51.6 Å². The van der Waals surface area contributed by atoms with E-state index < -0.39 is 75.4 Å². The molecule has 3 rings (SSSR count). The molecule has 0 bridgehead atoms. The predicted octanol–water partition coefficient (Wildman–Crippen LogP) is 2.73. The van der Waals surface area contributed by atoms with Gasteiger partial charge in [-0.1, -0.05) is 24.3 Å². The van der Waals surface area contributed by atoms with E-state index in [9.17, 15) is 40.0 Å². The van der Waals surface area contributed by atoms with Gasteiger partial charge in [-0.3, -0.25) is 9.11 Å². The molecule has 193 valence electrons. The first-order valence-electron chi connectivity index (χ1n) is 9.00. The molecule has 13 nitrogen and oxygen atoms in total. The maximum Gasteiger partial charge on any atom is 1.00 e. The van der Waals surface area contributed by atoms with Gasteiger partial charge in [0.1, 0.15) is 22.0 Å². The second kappa shape index (κ2) is 10.5. The van der Waals surface area contributed by atoms with Crippen LogP contribution >= 0.6 is 0 Å². The van der Waals surface area contributed by atoms with Crippen LogP contribution in [0.5, 0.6) is 11.5 Å². The third-order valence-corrected chi connectivity index (χ3v) is 7.43. The Morgan fingerprint density at radius 3 is 2.03 bits per heavy atom. The SMILES string of the molecule is O=S(=O)(O)OCCS(=O)(=O)c1ccc(O)c(N=Nc2cc(S(=O)(=O)O)c3ccccc3c2O)c1.[Cu].[H+].[H+]. The van der Waals surface area contributed by atoms with Gasteiger partial charge in [0, 0.05) is 27.8 Å². The maximum atomic E-state index is 12.4. The van der Waals surface area contributed by atoms with Crippen LogP contribution < -0.4 is 0 Å². The Balaban J connectivity index is 0.00000432. The summed E-state index contributed by atoms with van der Waals surface area (Å²) in [5.41, 5.74) is -0.793. The van der Waals surface area contributed by atoms with Gasteiger partial charge in [-0.15, -0.1) is 10.2 Å². The average Bonchev–Trinajstić information content (AvgIpc) is 2.72. The predicted molar refractivity (Wildman–Crippen MR) is 119 cm³/mol. The molecule has 3 aromatic carbocycles. The van der Waals surface area contributed by atoms with Crippen molar-refractivity contribution in [2.75, 3.05) is 12.4 Å². The van der Waals surface area contributed by atoms with E-state index in [4.69, 9.17) is 4.55 Å². The summed E-state index contributed by atoms with van der Waals surface area (Å²) in [7, 11) is -13.7. The Morgan fingerprint density at radius 1 is 0.829 bits per heavy atom. The van der Waals surface area contributed by atoms with E-state index in [1.807, 2.05) is 0 Å². The summed E-state index contributed by atoms with van der Waals surface area (Å²) in [6, 6.07) is 9.42. The zero-order valence-electron chi connectivity index (χ0n) is 19.1. The third-order valence-electron chi connectivity index (χ3n) is 4.39. The summed E-state index contributed by atoms with van der Waals surface area (Å²) >= 11 is 0. The number of sulfone groups is 1. The maximum absolute atomic E-state index is 12.4. The second-order valence-electron chi connectivity index (χ2n) is 6.68. The molecule has 0 spiro atoms. The first kappa shape index (κ1) is 28.6. The number of fused-ring (bicyclic) bond motifs is 1. The fourth-order valence-electron chi connectivity index (χ4n) is 2.85. The summed E-state index contributed by atoms with van der Waals surface area (Å²) in [5.74, 6) is -1.85. The molecule has 0 aliphatic heterocycles. The minimum Gasteiger partial charge on any atom is -0.506 e. The van der Waals surface area contributed by atoms with E-state index in [1.165, 1.54) is 24.3 Å². The normalized spacial score (nSPS) is 12.6. The van der Waals surface area contributed by atoms with Crippen LogP contribution in [0.25, 0.3) is 10.8 Å². The number of hydrogen-bond donors (Lipinski definition) is 4. The van der Waals surface area contributed by atoms with Crippen molar-refractivity contribution in [3.63, 3.8) is 0 Å². The minimum absolute atomic E-state index is 0. The van der Waals surface area contributed by atoms with E-state index >= 15 is 0 Å². The number of nitrogens with zero attached hydrogens (tertiary/aromatic N) is 2. The topological polar surface area (TPSA) is 217 Å². The summed E-state index contributed by atoms with van der Waals surface area (Å²) in [6.07, 6.45) is 0. The summed E-state index contributed by atoms with van der Waals surface area (Å²) in [6.45, 7) is -0.873. The summed E-state index contributed by atoms with van der Waals surface area (Å²) in [4.78, 5) is -0.964. The van der Waals surface area contributed by atoms with Crippen molar-refractivity contribution in [3.05, 3.63) is 48.5 Å². The molecule has 0 aliphatic carbocycles. The van der Waals surface area contributed by atoms with Crippen LogP contribution in [-0.4, -0.2) is 56.9 Å². The van der Waals surface area contributed by atoms with Gasteiger partial charge >= 0.3 is 13.3 Å². The molecule has 0 heterocycles. The Bertz CT molecular complexity index is 1630. The van der Waals surface area contributed by atoms with Crippen LogP contribution in [0.4, 0.5) is 11.4 Å². The van der Waals surface area contributed by atoms with E-state index in [2.05, 4.69) is 14.4 Å². The van der Waals surface area contributed by atoms with Crippen molar-refractivity contribution in [1.29, 1.82) is 0 Å². The minimum atomic E-state index is -4.84. The van der Waals surface area contributed by atoms with Gasteiger partial charge in [0.15, 0.2) is 15.6 Å². The van der Waals surface area contributed by atoms with Gasteiger partial charge in [-0.2, -0.15) is 16.8 Å². The molecular formula is C18H18CuN2O11S3+2. The zero-order valence-corrected chi connectivity index (χ0v) is 20.5. The van der Waals surface area contributed by atoms with Crippen LogP contribution in [0, 0.1) is 0 Å². The average molecular weight is 598 g/mol. The molecule has 0 aromatic heterocycles. The van der Waals surface area contributed by atoms with Gasteiger partial charge < -0.3 is 10.2 Å². The molecule has 0 unspecified atom stereocenters. The first-order valence-corrected chi connectivity index (χ1v) is 13.5. The number of benzene rings is 3. The van der Waals surface area contributed by atoms with Crippen molar-refractivity contribution in [3.8, 4) is 11.5 Å². The number of phenols is 2. The van der Waals surface area contributed by atoms with Crippen molar-refractivity contribution in [1.82, 2.24) is 0 Å². The molecule has 35 heavy (non-hydrogen) atoms. The Labute approximate surface area is 213 Å². The van der Waals surface area contributed by atoms with Crippen molar-refractivity contribution >= 4 is 52.5 Å². The van der Waals surface area contributed by atoms with Gasteiger partial charge in [0.2, 0.25) is 0 Å². The second-order valence-corrected chi connectivity index (χ2v) is 11.3. The van der Waals surface area contributed by atoms with Gasteiger partial charge in [0.05, 0.1) is 17.3 Å². The van der Waals surface area contributed by atoms with E-state index in [1.54, 1.807) is 0 Å². The third kappa shape index (κ3) is 6.96. The molecule has 0 atom stereocenters. The molecular weight excluding hydrogens is 580 g/mol. The number of rotatable bonds is 8. The number of aromatic hydroxyl groups is 2. The van der Waals surface area contributed by atoms with Crippen molar-refractivity contribution in [2.45, 2.75) is 9.79 Å². The summed E-state index contributed by atoms with van der Waals surface area (Å²) < 4.78 is 91.5. The Kier molecular flexibility index (Phi) is 8.62. The quantitative estimate of drug-likeness (QED) is 0.168. The molecule has 1 radical (unpaired) electrons. The zero-order chi connectivity index (χ0) is 25.3. The van der Waals surface area contributed by atoms with Crippen molar-refractivity contribution in [2.24, 2.45) is 10.2 Å². The monoisotopic (exact) mass is 597 g/mol. The molecule has 0 amide bonds. The van der Waals surface area contributed by atoms with Crippen LogP contribution in [0.2, 0.25) is 0 Å². The number of azo groups is 1. The summed E-state index contributed by atoms with van der Waals surface area (Å²) in [5, 5.41) is 27.9. The van der Waals surface area contributed by atoms with Gasteiger partial charge in [-0.25, -0.2) is 12.6 Å². The van der Waals surface area contributed by atoms with Gasteiger partial charge in [-0.05, 0) is 24.3 Å². The van der Waals surface area contributed by atoms with Gasteiger partial charge in [0.25, 0.3) is 10.1 Å². The van der Waals surface area contributed by atoms with Crippen LogP contribution in [0.1, 0.15) is 2.85 Å². The molecule has 3 aromatic rings. The molecule has 17 heteroatoms. The fraction of sp³-hybridized carbons (Fsp3) is 0.111. The first-order chi connectivity index (χ1) is 15.7. The molecule has 0 saturated heterocycles. The van der Waals surface area contributed by atoms with Crippen LogP contribution in [0.15, 0.2) is 68.6 Å². The standard InChI is InChI=1S/C18H16N2O11S3.Cu/c21-16-6-5-11(32(23,24)8-7-31-34(28,29)30)9-14(16)19-20-15-10-17(33(25,26)27)12-3-1-2-4-13(12)18(15)22;/h1-6,9-10,21-22H,7-8H2,(H,25,26,27)(H,28,29,30);/p+2. The van der Waals surface area contributed by atoms with E-state index in [0.717, 1.165) is 24.3 Å². The molecule has 0 saturated carbocycles. The van der Waals surface area contributed by atoms with E-state index in [-0.39, 0.29) is 30.7 Å². The van der Waals surface area contributed by atoms with E-state index in [0.29, 0.717) is 0 Å². The molecule has 0 fully saturated rings. The smallest absolute Gasteiger partial charge is 0.506 e. The molecule has 4 N–H and O–H groups in total. The molecule has 0 aliphatic rings.